The highest BCUT2D eigenvalue weighted by Gasteiger charge is 2.33. The number of hydrogen-bond acceptors (Lipinski definition) is 8. The number of nitrogens with one attached hydrogen (secondary N) is 3. The number of hydrogen-bond donors (Lipinski definition) is 3. The van der Waals surface area contributed by atoms with Crippen LogP contribution in [0, 0.1) is 6.92 Å². The van der Waals surface area contributed by atoms with Crippen molar-refractivity contribution in [2.24, 2.45) is 0 Å². The Morgan fingerprint density at radius 3 is 2.72 bits per heavy atom. The van der Waals surface area contributed by atoms with E-state index in [0.717, 1.165) is 60.6 Å². The Morgan fingerprint density at radius 2 is 1.95 bits per heavy atom. The molecule has 6 heterocycles. The predicted octanol–water partition coefficient (Wildman–Crippen LogP) is 3.88. The van der Waals surface area contributed by atoms with Crippen LogP contribution in [-0.4, -0.2) is 63.4 Å². The van der Waals surface area contributed by atoms with Crippen molar-refractivity contribution in [3.8, 4) is 16.9 Å². The van der Waals surface area contributed by atoms with Crippen LogP contribution >= 0.6 is 0 Å². The van der Waals surface area contributed by atoms with Gasteiger partial charge in [0.05, 0.1) is 30.5 Å². The summed E-state index contributed by atoms with van der Waals surface area (Å²) in [6, 6.07) is 12.4. The van der Waals surface area contributed by atoms with Gasteiger partial charge < -0.3 is 25.4 Å². The summed E-state index contributed by atoms with van der Waals surface area (Å²) in [6.07, 6.45) is 8.19. The number of carbonyl (C=O) groups is 1. The Hall–Kier alpha value is -4.02. The van der Waals surface area contributed by atoms with Gasteiger partial charge in [0.2, 0.25) is 0 Å². The summed E-state index contributed by atoms with van der Waals surface area (Å²) < 4.78 is 14.1. The lowest BCUT2D eigenvalue weighted by Gasteiger charge is -2.40. The summed E-state index contributed by atoms with van der Waals surface area (Å²) in [5.74, 6) is 1.95. The van der Waals surface area contributed by atoms with Crippen molar-refractivity contribution in [3.63, 3.8) is 0 Å². The van der Waals surface area contributed by atoms with Gasteiger partial charge in [-0.1, -0.05) is 6.92 Å². The van der Waals surface area contributed by atoms with E-state index in [1.54, 1.807) is 18.3 Å². The zero-order valence-electron chi connectivity index (χ0n) is 22.2. The van der Waals surface area contributed by atoms with Gasteiger partial charge in [-0.15, -0.1) is 0 Å². The third kappa shape index (κ3) is 5.71. The van der Waals surface area contributed by atoms with E-state index in [1.165, 1.54) is 0 Å². The van der Waals surface area contributed by atoms with Gasteiger partial charge in [0.25, 0.3) is 5.91 Å². The van der Waals surface area contributed by atoms with Crippen LogP contribution in [-0.2, 0) is 4.74 Å². The van der Waals surface area contributed by atoms with Crippen molar-refractivity contribution in [1.82, 2.24) is 30.2 Å². The number of piperidine rings is 1. The Bertz CT molecular complexity index is 1460. The first-order chi connectivity index (χ1) is 19.0. The van der Waals surface area contributed by atoms with Gasteiger partial charge in [-0.2, -0.15) is 5.10 Å². The van der Waals surface area contributed by atoms with Crippen LogP contribution in [0.2, 0.25) is 0 Å². The zero-order valence-corrected chi connectivity index (χ0v) is 22.2. The molecule has 2 aliphatic heterocycles. The number of pyridine rings is 3. The molecule has 2 saturated heterocycles. The highest BCUT2D eigenvalue weighted by atomic mass is 16.5. The Morgan fingerprint density at radius 1 is 1.10 bits per heavy atom. The van der Waals surface area contributed by atoms with Crippen molar-refractivity contribution < 1.29 is 14.3 Å². The average molecular weight is 528 g/mol. The topological polar surface area (TPSA) is 115 Å². The van der Waals surface area contributed by atoms with Crippen molar-refractivity contribution in [1.29, 1.82) is 0 Å². The molecular formula is C29H33N7O3. The molecule has 3 N–H and O–H groups in total. The molecule has 6 rings (SSSR count). The maximum absolute atomic E-state index is 12.1. The van der Waals surface area contributed by atoms with Gasteiger partial charge >= 0.3 is 0 Å². The monoisotopic (exact) mass is 527 g/mol. The Kier molecular flexibility index (Phi) is 7.12. The second-order valence-corrected chi connectivity index (χ2v) is 10.3. The molecule has 39 heavy (non-hydrogen) atoms. The standard InChI is InChI=1S/C29H33N7O3/c1-3-7-30-29(37)20-4-5-27(32-14-20)34-28-13-23-10-19(6-8-36(23)35-28)25-9-18(2)31-15-26(25)39-24-11-21-16-38-17-22(12-24)33-21/h4-6,8-10,13-15,21-22,24,33H,3,7,11-12,16-17H2,1-2H3,(H,30,37)(H,32,34,35)/t21-,22+,24?. The number of nitrogens with zero attached hydrogens (tertiary/aromatic N) is 4. The lowest BCUT2D eigenvalue weighted by atomic mass is 9.94. The number of amides is 1. The molecule has 10 nitrogen and oxygen atoms in total. The van der Waals surface area contributed by atoms with Crippen molar-refractivity contribution >= 4 is 23.1 Å². The summed E-state index contributed by atoms with van der Waals surface area (Å²) >= 11 is 0. The number of morpholine rings is 1. The molecule has 2 fully saturated rings. The minimum Gasteiger partial charge on any atom is -0.488 e. The molecular weight excluding hydrogens is 494 g/mol. The molecule has 0 aliphatic carbocycles. The fourth-order valence-electron chi connectivity index (χ4n) is 5.22. The first kappa shape index (κ1) is 25.3. The molecule has 0 radical (unpaired) electrons. The van der Waals surface area contributed by atoms with Crippen molar-refractivity contribution in [2.45, 2.75) is 51.3 Å². The summed E-state index contributed by atoms with van der Waals surface area (Å²) in [7, 11) is 0. The van der Waals surface area contributed by atoms with Gasteiger partial charge in [0.15, 0.2) is 5.82 Å². The van der Waals surface area contributed by atoms with Crippen LogP contribution in [0.25, 0.3) is 16.6 Å². The van der Waals surface area contributed by atoms with Crippen LogP contribution < -0.4 is 20.7 Å². The van der Waals surface area contributed by atoms with Crippen molar-refractivity contribution in [2.75, 3.05) is 25.1 Å². The summed E-state index contributed by atoms with van der Waals surface area (Å²) in [6.45, 7) is 6.12. The first-order valence-electron chi connectivity index (χ1n) is 13.5. The minimum absolute atomic E-state index is 0.122. The lowest BCUT2D eigenvalue weighted by molar-refractivity contribution is -0.0122. The molecule has 202 valence electrons. The highest BCUT2D eigenvalue weighted by molar-refractivity contribution is 5.94. The number of aromatic nitrogens is 4. The molecule has 1 amide bonds. The van der Waals surface area contributed by atoms with E-state index in [1.807, 2.05) is 42.9 Å². The summed E-state index contributed by atoms with van der Waals surface area (Å²) in [5.41, 5.74) is 4.44. The third-order valence-electron chi connectivity index (χ3n) is 7.09. The molecule has 0 spiro atoms. The first-order valence-corrected chi connectivity index (χ1v) is 13.5. The molecule has 10 heteroatoms. The van der Waals surface area contributed by atoms with E-state index in [9.17, 15) is 4.79 Å². The van der Waals surface area contributed by atoms with E-state index in [0.29, 0.717) is 35.8 Å². The van der Waals surface area contributed by atoms with Crippen LogP contribution in [0.15, 0.2) is 55.0 Å². The number of carbonyl (C=O) groups excluding carboxylic acids is 1. The zero-order chi connectivity index (χ0) is 26.8. The Balaban J connectivity index is 1.20. The van der Waals surface area contributed by atoms with Crippen molar-refractivity contribution in [3.05, 3.63) is 66.2 Å². The molecule has 2 bridgehead atoms. The van der Waals surface area contributed by atoms with Crippen LogP contribution in [0.3, 0.4) is 0 Å². The normalized spacial score (nSPS) is 20.5. The minimum atomic E-state index is -0.122. The van der Waals surface area contributed by atoms with E-state index in [-0.39, 0.29) is 12.0 Å². The highest BCUT2D eigenvalue weighted by Crippen LogP contribution is 2.34. The number of anilines is 2. The molecule has 3 atom stereocenters. The fourth-order valence-corrected chi connectivity index (χ4v) is 5.22. The number of ether oxygens (including phenoxy) is 2. The molecule has 0 aromatic carbocycles. The molecule has 4 aromatic heterocycles. The van der Waals surface area contributed by atoms with Gasteiger partial charge in [-0.05, 0) is 49.2 Å². The fraction of sp³-hybridized carbons (Fsp3) is 0.379. The summed E-state index contributed by atoms with van der Waals surface area (Å²) in [5, 5.41) is 14.3. The average Bonchev–Trinajstić information content (AvgIpc) is 3.34. The smallest absolute Gasteiger partial charge is 0.252 e. The molecule has 2 aliphatic rings. The van der Waals surface area contributed by atoms with Gasteiger partial charge in [0, 0.05) is 61.2 Å². The third-order valence-corrected chi connectivity index (χ3v) is 7.09. The second kappa shape index (κ2) is 11.0. The number of fused-ring (bicyclic) bond motifs is 3. The number of rotatable bonds is 8. The maximum atomic E-state index is 12.1. The largest absolute Gasteiger partial charge is 0.488 e. The van der Waals surface area contributed by atoms with E-state index in [4.69, 9.17) is 9.47 Å². The molecule has 1 unspecified atom stereocenters. The summed E-state index contributed by atoms with van der Waals surface area (Å²) in [4.78, 5) is 21.0. The maximum Gasteiger partial charge on any atom is 0.252 e. The lowest BCUT2D eigenvalue weighted by Crippen LogP contribution is -2.56. The number of aryl methyl sites for hydroxylation is 1. The molecule has 0 saturated carbocycles. The van der Waals surface area contributed by atoms with Crippen LogP contribution in [0.5, 0.6) is 5.75 Å². The van der Waals surface area contributed by atoms with Gasteiger partial charge in [-0.3, -0.25) is 9.78 Å². The predicted molar refractivity (Wildman–Crippen MR) is 148 cm³/mol. The van der Waals surface area contributed by atoms with E-state index in [2.05, 4.69) is 43.1 Å². The van der Waals surface area contributed by atoms with Crippen LogP contribution in [0.1, 0.15) is 42.2 Å². The SMILES string of the molecule is CCCNC(=O)c1ccc(Nc2cc3cc(-c4cc(C)ncc4OC4C[C@H]5COC[C@@H](C4)N5)ccn3n2)nc1. The van der Waals surface area contributed by atoms with E-state index >= 15 is 0 Å². The van der Waals surface area contributed by atoms with Gasteiger partial charge in [0.1, 0.15) is 17.7 Å². The quantitative estimate of drug-likeness (QED) is 0.316. The second-order valence-electron chi connectivity index (χ2n) is 10.3. The van der Waals surface area contributed by atoms with E-state index < -0.39 is 0 Å². The molecule has 4 aromatic rings. The van der Waals surface area contributed by atoms with Crippen LogP contribution in [0.4, 0.5) is 11.6 Å². The Labute approximate surface area is 227 Å². The van der Waals surface area contributed by atoms with Gasteiger partial charge in [-0.25, -0.2) is 9.50 Å².